The fourth-order valence-electron chi connectivity index (χ4n) is 3.19. The van der Waals surface area contributed by atoms with E-state index in [9.17, 15) is 4.79 Å². The van der Waals surface area contributed by atoms with Crippen LogP contribution in [0.1, 0.15) is 28.4 Å². The topological polar surface area (TPSA) is 65.5 Å². The molecule has 0 bridgehead atoms. The first-order chi connectivity index (χ1) is 14.2. The van der Waals surface area contributed by atoms with E-state index in [0.717, 1.165) is 31.0 Å². The highest BCUT2D eigenvalue weighted by molar-refractivity contribution is 14.0. The lowest BCUT2D eigenvalue weighted by Gasteiger charge is -2.12. The summed E-state index contributed by atoms with van der Waals surface area (Å²) in [6, 6.07) is 22.5. The smallest absolute Gasteiger partial charge is 0.251 e. The van der Waals surface area contributed by atoms with Gasteiger partial charge in [-0.1, -0.05) is 48.5 Å². The normalized spacial score (nSPS) is 10.9. The fraction of sp³-hybridized carbons (Fsp3) is 0.250. The molecular weight excluding hydrogens is 487 g/mol. The van der Waals surface area contributed by atoms with E-state index in [1.54, 1.807) is 7.05 Å². The van der Waals surface area contributed by atoms with Crippen molar-refractivity contribution in [2.45, 2.75) is 19.9 Å². The molecule has 3 aromatic carbocycles. The summed E-state index contributed by atoms with van der Waals surface area (Å²) < 4.78 is 0. The quantitative estimate of drug-likeness (QED) is 0.252. The van der Waals surface area contributed by atoms with Crippen LogP contribution in [0.15, 0.2) is 71.7 Å². The summed E-state index contributed by atoms with van der Waals surface area (Å²) in [5.74, 6) is 0.730. The lowest BCUT2D eigenvalue weighted by Crippen LogP contribution is -2.38. The standard InChI is InChI=1S/C24H28N4O.HI/c1-3-26-24(27-14-13-18-7-6-10-22(15-18)23(29)25-2)28-17-19-11-12-20-8-4-5-9-21(20)16-19;/h4-12,15-16H,3,13-14,17H2,1-2H3,(H,25,29)(H2,26,27,28);1H. The van der Waals surface area contributed by atoms with Crippen LogP contribution in [-0.2, 0) is 13.0 Å². The lowest BCUT2D eigenvalue weighted by atomic mass is 10.1. The van der Waals surface area contributed by atoms with Gasteiger partial charge in [0.15, 0.2) is 5.96 Å². The summed E-state index contributed by atoms with van der Waals surface area (Å²) >= 11 is 0. The summed E-state index contributed by atoms with van der Waals surface area (Å²) in [5, 5.41) is 11.8. The number of nitrogens with one attached hydrogen (secondary N) is 3. The Bertz CT molecular complexity index is 1000. The van der Waals surface area contributed by atoms with Crippen molar-refractivity contribution in [3.8, 4) is 0 Å². The highest BCUT2D eigenvalue weighted by Gasteiger charge is 2.04. The highest BCUT2D eigenvalue weighted by Crippen LogP contribution is 2.16. The molecule has 0 radical (unpaired) electrons. The molecular formula is C24H29IN4O. The molecule has 0 aliphatic heterocycles. The van der Waals surface area contributed by atoms with Crippen LogP contribution in [0.25, 0.3) is 10.8 Å². The van der Waals surface area contributed by atoms with E-state index in [1.807, 2.05) is 24.3 Å². The number of hydrogen-bond acceptors (Lipinski definition) is 2. The average Bonchev–Trinajstić information content (AvgIpc) is 2.77. The van der Waals surface area contributed by atoms with Crippen molar-refractivity contribution in [1.82, 2.24) is 16.0 Å². The molecule has 0 saturated heterocycles. The maximum atomic E-state index is 11.8. The number of hydrogen-bond donors (Lipinski definition) is 3. The maximum Gasteiger partial charge on any atom is 0.251 e. The number of halogens is 1. The Morgan fingerprint density at radius 3 is 2.47 bits per heavy atom. The van der Waals surface area contributed by atoms with Crippen molar-refractivity contribution in [3.05, 3.63) is 83.4 Å². The van der Waals surface area contributed by atoms with Crippen LogP contribution in [0.2, 0.25) is 0 Å². The number of fused-ring (bicyclic) bond motifs is 1. The van der Waals surface area contributed by atoms with Crippen molar-refractivity contribution in [2.24, 2.45) is 4.99 Å². The van der Waals surface area contributed by atoms with Crippen LogP contribution in [0, 0.1) is 0 Å². The molecule has 3 rings (SSSR count). The fourth-order valence-corrected chi connectivity index (χ4v) is 3.19. The molecule has 0 unspecified atom stereocenters. The number of nitrogens with zero attached hydrogens (tertiary/aromatic N) is 1. The van der Waals surface area contributed by atoms with E-state index in [-0.39, 0.29) is 29.9 Å². The Hall–Kier alpha value is -2.61. The average molecular weight is 516 g/mol. The van der Waals surface area contributed by atoms with E-state index in [4.69, 9.17) is 4.99 Å². The van der Waals surface area contributed by atoms with Gasteiger partial charge in [0, 0.05) is 25.7 Å². The monoisotopic (exact) mass is 516 g/mol. The number of aliphatic imine (C=N–C) groups is 1. The van der Waals surface area contributed by atoms with Gasteiger partial charge in [-0.2, -0.15) is 0 Å². The predicted molar refractivity (Wildman–Crippen MR) is 136 cm³/mol. The Balaban J connectivity index is 0.00000320. The van der Waals surface area contributed by atoms with Crippen molar-refractivity contribution < 1.29 is 4.79 Å². The largest absolute Gasteiger partial charge is 0.357 e. The van der Waals surface area contributed by atoms with Gasteiger partial charge in [0.2, 0.25) is 0 Å². The van der Waals surface area contributed by atoms with Gasteiger partial charge < -0.3 is 16.0 Å². The molecule has 0 atom stereocenters. The van der Waals surface area contributed by atoms with E-state index < -0.39 is 0 Å². The van der Waals surface area contributed by atoms with Gasteiger partial charge in [0.05, 0.1) is 6.54 Å². The van der Waals surface area contributed by atoms with Crippen LogP contribution < -0.4 is 16.0 Å². The summed E-state index contributed by atoms with van der Waals surface area (Å²) in [6.45, 7) is 4.21. The number of benzene rings is 3. The number of carbonyl (C=O) groups excluding carboxylic acids is 1. The van der Waals surface area contributed by atoms with E-state index in [1.165, 1.54) is 16.3 Å². The molecule has 3 aromatic rings. The van der Waals surface area contributed by atoms with Crippen molar-refractivity contribution in [3.63, 3.8) is 0 Å². The Labute approximate surface area is 195 Å². The molecule has 3 N–H and O–H groups in total. The van der Waals surface area contributed by atoms with Gasteiger partial charge >= 0.3 is 0 Å². The van der Waals surface area contributed by atoms with Crippen molar-refractivity contribution >= 4 is 46.6 Å². The molecule has 0 saturated carbocycles. The molecule has 0 aliphatic rings. The molecule has 6 heteroatoms. The zero-order valence-corrected chi connectivity index (χ0v) is 19.8. The lowest BCUT2D eigenvalue weighted by molar-refractivity contribution is 0.0963. The van der Waals surface area contributed by atoms with Gasteiger partial charge in [0.1, 0.15) is 0 Å². The molecule has 0 heterocycles. The van der Waals surface area contributed by atoms with Gasteiger partial charge in [-0.15, -0.1) is 24.0 Å². The molecule has 0 aliphatic carbocycles. The third-order valence-electron chi connectivity index (χ3n) is 4.70. The summed E-state index contributed by atoms with van der Waals surface area (Å²) in [6.07, 6.45) is 0.811. The van der Waals surface area contributed by atoms with Gasteiger partial charge in [-0.25, -0.2) is 4.99 Å². The van der Waals surface area contributed by atoms with Crippen LogP contribution >= 0.6 is 24.0 Å². The minimum absolute atomic E-state index is 0. The Kier molecular flexibility index (Phi) is 9.60. The molecule has 1 amide bonds. The number of carbonyl (C=O) groups is 1. The van der Waals surface area contributed by atoms with Crippen molar-refractivity contribution in [1.29, 1.82) is 0 Å². The molecule has 5 nitrogen and oxygen atoms in total. The van der Waals surface area contributed by atoms with Gasteiger partial charge in [0.25, 0.3) is 5.91 Å². The highest BCUT2D eigenvalue weighted by atomic mass is 127. The van der Waals surface area contributed by atoms with E-state index in [0.29, 0.717) is 12.1 Å². The SMILES string of the molecule is CCNC(=NCc1ccc2ccccc2c1)NCCc1cccc(C(=O)NC)c1.I. The third kappa shape index (κ3) is 6.73. The summed E-state index contributed by atoms with van der Waals surface area (Å²) in [4.78, 5) is 16.5. The number of amides is 1. The second kappa shape index (κ2) is 12.2. The maximum absolute atomic E-state index is 11.8. The summed E-state index contributed by atoms with van der Waals surface area (Å²) in [7, 11) is 1.64. The zero-order chi connectivity index (χ0) is 20.5. The Morgan fingerprint density at radius 1 is 0.900 bits per heavy atom. The zero-order valence-electron chi connectivity index (χ0n) is 17.4. The predicted octanol–water partition coefficient (Wildman–Crippen LogP) is 4.12. The third-order valence-corrected chi connectivity index (χ3v) is 4.70. The first kappa shape index (κ1) is 23.7. The van der Waals surface area contributed by atoms with E-state index >= 15 is 0 Å². The van der Waals surface area contributed by atoms with Crippen molar-refractivity contribution in [2.75, 3.05) is 20.1 Å². The number of guanidine groups is 1. The van der Waals surface area contributed by atoms with Gasteiger partial charge in [-0.3, -0.25) is 4.79 Å². The van der Waals surface area contributed by atoms with Gasteiger partial charge in [-0.05, 0) is 53.4 Å². The summed E-state index contributed by atoms with van der Waals surface area (Å²) in [5.41, 5.74) is 2.98. The van der Waals surface area contributed by atoms with Crippen LogP contribution in [0.3, 0.4) is 0 Å². The molecule has 0 fully saturated rings. The second-order valence-corrected chi connectivity index (χ2v) is 6.83. The first-order valence-electron chi connectivity index (χ1n) is 10.0. The number of rotatable bonds is 7. The van der Waals surface area contributed by atoms with Crippen LogP contribution in [0.4, 0.5) is 0 Å². The Morgan fingerprint density at radius 2 is 1.70 bits per heavy atom. The minimum Gasteiger partial charge on any atom is -0.357 e. The molecule has 30 heavy (non-hydrogen) atoms. The molecule has 158 valence electrons. The van der Waals surface area contributed by atoms with E-state index in [2.05, 4.69) is 65.3 Å². The van der Waals surface area contributed by atoms with Crippen LogP contribution in [-0.4, -0.2) is 32.0 Å². The first-order valence-corrected chi connectivity index (χ1v) is 10.0. The van der Waals surface area contributed by atoms with Crippen LogP contribution in [0.5, 0.6) is 0 Å². The minimum atomic E-state index is -0.0647. The molecule has 0 spiro atoms. The molecule has 0 aromatic heterocycles. The second-order valence-electron chi connectivity index (χ2n) is 6.83.